The maximum absolute atomic E-state index is 13.3. The predicted molar refractivity (Wildman–Crippen MR) is 161 cm³/mol. The highest BCUT2D eigenvalue weighted by Gasteiger charge is 2.55. The van der Waals surface area contributed by atoms with Gasteiger partial charge in [0.2, 0.25) is 0 Å². The molecule has 1 heterocycles. The van der Waals surface area contributed by atoms with Crippen LogP contribution in [0.25, 0.3) is 0 Å². The molecule has 44 heavy (non-hydrogen) atoms. The van der Waals surface area contributed by atoms with E-state index < -0.39 is 88.7 Å². The number of benzene rings is 1. The normalized spacial score (nSPS) is 22.8. The van der Waals surface area contributed by atoms with E-state index in [1.807, 2.05) is 0 Å². The van der Waals surface area contributed by atoms with Gasteiger partial charge in [0.25, 0.3) is 5.91 Å². The zero-order valence-corrected chi connectivity index (χ0v) is 28.1. The van der Waals surface area contributed by atoms with Gasteiger partial charge in [-0.1, -0.05) is 18.2 Å². The molecule has 1 aromatic rings. The maximum Gasteiger partial charge on any atom is 0.311 e. The monoisotopic (exact) mass is 619 g/mol. The number of ether oxygens (including phenoxy) is 5. The average Bonchev–Trinajstić information content (AvgIpc) is 2.88. The van der Waals surface area contributed by atoms with Crippen LogP contribution in [0, 0.1) is 21.7 Å². The van der Waals surface area contributed by atoms with Gasteiger partial charge >= 0.3 is 23.9 Å². The lowest BCUT2D eigenvalue weighted by Gasteiger charge is -2.46. The molecule has 5 atom stereocenters. The molecule has 0 unspecified atom stereocenters. The summed E-state index contributed by atoms with van der Waals surface area (Å²) in [6, 6.07) is 8.28. The summed E-state index contributed by atoms with van der Waals surface area (Å²) in [5, 5.41) is 2.73. The van der Waals surface area contributed by atoms with Crippen molar-refractivity contribution in [2.75, 3.05) is 6.61 Å². The highest BCUT2D eigenvalue weighted by Crippen LogP contribution is 2.33. The fraction of sp³-hybridized carbons (Fsp3) is 0.667. The molecule has 0 bridgehead atoms. The minimum atomic E-state index is -1.45. The number of carbonyl (C=O) groups excluding carboxylic acids is 5. The average molecular weight is 620 g/mol. The van der Waals surface area contributed by atoms with Crippen molar-refractivity contribution in [3.63, 3.8) is 0 Å². The fourth-order valence-electron chi connectivity index (χ4n) is 3.65. The van der Waals surface area contributed by atoms with Crippen molar-refractivity contribution >= 4 is 29.8 Å². The molecule has 11 nitrogen and oxygen atoms in total. The van der Waals surface area contributed by atoms with Gasteiger partial charge in [0.15, 0.2) is 24.5 Å². The third-order valence-electron chi connectivity index (χ3n) is 6.50. The summed E-state index contributed by atoms with van der Waals surface area (Å²) in [6.45, 7) is 19.4. The molecule has 2 rings (SSSR count). The first-order chi connectivity index (χ1) is 19.9. The van der Waals surface area contributed by atoms with Gasteiger partial charge in [-0.05, 0) is 95.2 Å². The van der Waals surface area contributed by atoms with E-state index in [4.69, 9.17) is 23.7 Å². The van der Waals surface area contributed by atoms with Crippen LogP contribution in [0.4, 0.5) is 0 Å². The number of amides is 1. The smallest absolute Gasteiger partial charge is 0.311 e. The third kappa shape index (κ3) is 10.0. The van der Waals surface area contributed by atoms with Crippen molar-refractivity contribution in [3.8, 4) is 0 Å². The first-order valence-corrected chi connectivity index (χ1v) is 14.7. The summed E-state index contributed by atoms with van der Waals surface area (Å²) < 4.78 is 29.6. The van der Waals surface area contributed by atoms with Gasteiger partial charge in [-0.15, -0.1) is 0 Å². The molecule has 1 aliphatic heterocycles. The predicted octanol–water partition coefficient (Wildman–Crippen LogP) is 4.60. The van der Waals surface area contributed by atoms with Crippen LogP contribution < -0.4 is 5.32 Å². The van der Waals surface area contributed by atoms with E-state index in [1.54, 1.807) is 113 Å². The molecule has 0 radical (unpaired) electrons. The number of rotatable bonds is 7. The summed E-state index contributed by atoms with van der Waals surface area (Å²) >= 11 is 0. The number of esters is 4. The van der Waals surface area contributed by atoms with Crippen molar-refractivity contribution in [2.45, 2.75) is 114 Å². The van der Waals surface area contributed by atoms with Gasteiger partial charge in [0, 0.05) is 5.56 Å². The third-order valence-corrected chi connectivity index (χ3v) is 6.50. The van der Waals surface area contributed by atoms with Gasteiger partial charge in [-0.2, -0.15) is 0 Å². The van der Waals surface area contributed by atoms with E-state index in [-0.39, 0.29) is 5.56 Å². The molecule has 1 aliphatic rings. The first-order valence-electron chi connectivity index (χ1n) is 14.7. The number of nitrogens with one attached hydrogen (secondary N) is 1. The molecule has 1 N–H and O–H groups in total. The minimum Gasteiger partial charge on any atom is -0.462 e. The summed E-state index contributed by atoms with van der Waals surface area (Å²) in [7, 11) is 0. The highest BCUT2D eigenvalue weighted by atomic mass is 16.7. The zero-order chi connectivity index (χ0) is 33.8. The second-order valence-electron chi connectivity index (χ2n) is 15.1. The largest absolute Gasteiger partial charge is 0.462 e. The Morgan fingerprint density at radius 1 is 0.614 bits per heavy atom. The molecule has 0 aliphatic carbocycles. The fourth-order valence-corrected chi connectivity index (χ4v) is 3.65. The van der Waals surface area contributed by atoms with Crippen LogP contribution in [0.2, 0.25) is 0 Å². The van der Waals surface area contributed by atoms with Crippen molar-refractivity contribution in [1.29, 1.82) is 0 Å². The van der Waals surface area contributed by atoms with Crippen LogP contribution in [0.3, 0.4) is 0 Å². The van der Waals surface area contributed by atoms with Gasteiger partial charge in [-0.3, -0.25) is 24.0 Å². The number of hydrogen-bond donors (Lipinski definition) is 1. The Hall–Kier alpha value is -3.47. The molecule has 1 saturated heterocycles. The van der Waals surface area contributed by atoms with Crippen LogP contribution in [-0.4, -0.2) is 67.0 Å². The quantitative estimate of drug-likeness (QED) is 0.340. The van der Waals surface area contributed by atoms with Gasteiger partial charge < -0.3 is 29.0 Å². The Labute approximate surface area is 260 Å². The summed E-state index contributed by atoms with van der Waals surface area (Å²) in [6.07, 6.45) is -6.91. The Kier molecular flexibility index (Phi) is 11.4. The zero-order valence-electron chi connectivity index (χ0n) is 28.1. The van der Waals surface area contributed by atoms with Gasteiger partial charge in [0.05, 0.1) is 21.7 Å². The lowest BCUT2D eigenvalue weighted by atomic mass is 9.92. The van der Waals surface area contributed by atoms with E-state index in [0.29, 0.717) is 0 Å². The van der Waals surface area contributed by atoms with Crippen molar-refractivity contribution < 1.29 is 47.7 Å². The summed E-state index contributed by atoms with van der Waals surface area (Å²) in [5.74, 6) is -3.15. The SMILES string of the molecule is CC(C)(C)C(=O)OC[C@H]1O[C@@H](NC(=O)c2ccccc2)[C@H](OC(=O)C(C)(C)C)[C@@H](OC(=O)C(C)(C)C)[C@H]1OC(=O)C(C)(C)C. The van der Waals surface area contributed by atoms with Crippen molar-refractivity contribution in [1.82, 2.24) is 5.32 Å². The van der Waals surface area contributed by atoms with E-state index >= 15 is 0 Å². The van der Waals surface area contributed by atoms with Gasteiger partial charge in [-0.25, -0.2) is 0 Å². The number of hydrogen-bond acceptors (Lipinski definition) is 10. The minimum absolute atomic E-state index is 0.289. The number of carbonyl (C=O) groups is 5. The van der Waals surface area contributed by atoms with E-state index in [1.165, 1.54) is 0 Å². The second kappa shape index (κ2) is 13.7. The summed E-state index contributed by atoms with van der Waals surface area (Å²) in [5.41, 5.74) is -3.57. The Morgan fingerprint density at radius 3 is 1.45 bits per heavy atom. The lowest BCUT2D eigenvalue weighted by Crippen LogP contribution is -2.67. The Morgan fingerprint density at radius 2 is 1.02 bits per heavy atom. The molecule has 1 aromatic carbocycles. The van der Waals surface area contributed by atoms with Gasteiger partial charge in [0.1, 0.15) is 12.7 Å². The molecule has 11 heteroatoms. The van der Waals surface area contributed by atoms with E-state index in [2.05, 4.69) is 5.32 Å². The standard InChI is InChI=1S/C33H49NO10/c1-30(2,3)26(36)40-18-20-21(42-27(37)31(4,5)6)22(43-28(38)32(7,8)9)23(44-29(39)33(10,11)12)25(41-20)34-24(35)19-16-14-13-15-17-19/h13-17,20-23,25H,18H2,1-12H3,(H,34,35)/t20-,21+,22+,23-,25-/m1/s1. The van der Waals surface area contributed by atoms with Crippen LogP contribution >= 0.6 is 0 Å². The van der Waals surface area contributed by atoms with E-state index in [0.717, 1.165) is 0 Å². The second-order valence-corrected chi connectivity index (χ2v) is 15.1. The molecule has 1 fully saturated rings. The van der Waals surface area contributed by atoms with Crippen molar-refractivity contribution in [3.05, 3.63) is 35.9 Å². The Balaban J connectivity index is 2.70. The lowest BCUT2D eigenvalue weighted by molar-refractivity contribution is -0.262. The molecule has 0 saturated carbocycles. The van der Waals surface area contributed by atoms with Crippen LogP contribution in [0.15, 0.2) is 30.3 Å². The molecule has 246 valence electrons. The Bertz CT molecular complexity index is 1200. The van der Waals surface area contributed by atoms with Crippen LogP contribution in [-0.2, 0) is 42.9 Å². The molecule has 1 amide bonds. The topological polar surface area (TPSA) is 144 Å². The molecular formula is C33H49NO10. The highest BCUT2D eigenvalue weighted by molar-refractivity contribution is 5.94. The van der Waals surface area contributed by atoms with E-state index in [9.17, 15) is 24.0 Å². The maximum atomic E-state index is 13.3. The molecule has 0 spiro atoms. The van der Waals surface area contributed by atoms with Crippen LogP contribution in [0.1, 0.15) is 93.4 Å². The van der Waals surface area contributed by atoms with Crippen LogP contribution in [0.5, 0.6) is 0 Å². The molecule has 0 aromatic heterocycles. The summed E-state index contributed by atoms with van der Waals surface area (Å²) in [4.78, 5) is 65.9. The molecular weight excluding hydrogens is 570 g/mol. The van der Waals surface area contributed by atoms with Crippen molar-refractivity contribution in [2.24, 2.45) is 21.7 Å². The first kappa shape index (κ1) is 36.7.